The summed E-state index contributed by atoms with van der Waals surface area (Å²) in [5, 5.41) is 0.502. The predicted octanol–water partition coefficient (Wildman–Crippen LogP) is 3.81. The number of rotatable bonds is 2. The Labute approximate surface area is 148 Å². The summed E-state index contributed by atoms with van der Waals surface area (Å²) in [5.74, 6) is -1.47. The summed E-state index contributed by atoms with van der Waals surface area (Å²) < 4.78 is 18.4. The number of anilines is 1. The second kappa shape index (κ2) is 6.01. The molecule has 4 rings (SSSR count). The minimum atomic E-state index is -0.445. The number of carbonyl (C=O) groups is 2. The molecule has 0 spiro atoms. The van der Waals surface area contributed by atoms with Crippen molar-refractivity contribution in [3.63, 3.8) is 0 Å². The van der Waals surface area contributed by atoms with Crippen molar-refractivity contribution in [1.82, 2.24) is 0 Å². The summed E-state index contributed by atoms with van der Waals surface area (Å²) >= 11 is 6.27. The molecule has 126 valence electrons. The number of halogens is 2. The van der Waals surface area contributed by atoms with Crippen molar-refractivity contribution in [3.8, 4) is 0 Å². The Morgan fingerprint density at radius 2 is 1.80 bits per heavy atom. The van der Waals surface area contributed by atoms with E-state index in [4.69, 9.17) is 16.3 Å². The largest absolute Gasteiger partial charge is 0.456 e. The third-order valence-corrected chi connectivity index (χ3v) is 4.83. The lowest BCUT2D eigenvalue weighted by atomic mass is 9.84. The first-order valence-corrected chi connectivity index (χ1v) is 8.17. The molecule has 4 nitrogen and oxygen atoms in total. The molecule has 2 aromatic rings. The molecule has 1 amide bonds. The van der Waals surface area contributed by atoms with Crippen LogP contribution in [0.2, 0.25) is 5.02 Å². The van der Waals surface area contributed by atoms with Crippen molar-refractivity contribution in [1.29, 1.82) is 0 Å². The van der Waals surface area contributed by atoms with E-state index in [0.717, 1.165) is 5.56 Å². The van der Waals surface area contributed by atoms with Crippen LogP contribution >= 0.6 is 11.6 Å². The Balaban J connectivity index is 1.85. The second-order valence-corrected chi connectivity index (χ2v) is 6.33. The van der Waals surface area contributed by atoms with Crippen LogP contribution in [0.25, 0.3) is 0 Å². The highest BCUT2D eigenvalue weighted by Gasteiger charge is 2.43. The van der Waals surface area contributed by atoms with Crippen molar-refractivity contribution in [3.05, 3.63) is 76.2 Å². The Bertz CT molecular complexity index is 907. The van der Waals surface area contributed by atoms with E-state index < -0.39 is 17.7 Å². The molecule has 2 aliphatic rings. The van der Waals surface area contributed by atoms with Gasteiger partial charge in [0.05, 0.1) is 11.3 Å². The zero-order valence-corrected chi connectivity index (χ0v) is 13.8. The van der Waals surface area contributed by atoms with Crippen LogP contribution in [0.15, 0.2) is 59.8 Å². The highest BCUT2D eigenvalue weighted by atomic mass is 35.5. The molecule has 0 radical (unpaired) electrons. The van der Waals surface area contributed by atoms with Crippen molar-refractivity contribution < 1.29 is 18.7 Å². The molecule has 0 saturated carbocycles. The lowest BCUT2D eigenvalue weighted by molar-refractivity contribution is -0.136. The molecule has 0 N–H and O–H groups in total. The maximum absolute atomic E-state index is 13.2. The van der Waals surface area contributed by atoms with Crippen molar-refractivity contribution in [2.45, 2.75) is 12.3 Å². The monoisotopic (exact) mass is 357 g/mol. The lowest BCUT2D eigenvalue weighted by Crippen LogP contribution is -2.37. The number of hydrogen-bond donors (Lipinski definition) is 0. The number of cyclic esters (lactones) is 1. The number of benzene rings is 2. The molecule has 0 aliphatic carbocycles. The maximum atomic E-state index is 13.2. The first kappa shape index (κ1) is 15.8. The van der Waals surface area contributed by atoms with E-state index in [0.29, 0.717) is 22.0 Å². The number of carbonyl (C=O) groups excluding carboxylic acids is 2. The summed E-state index contributed by atoms with van der Waals surface area (Å²) in [4.78, 5) is 26.6. The number of amides is 1. The van der Waals surface area contributed by atoms with Crippen LogP contribution in [0, 0.1) is 5.82 Å². The third kappa shape index (κ3) is 2.61. The number of nitrogens with zero attached hydrogens (tertiary/aromatic N) is 1. The molecule has 25 heavy (non-hydrogen) atoms. The first-order valence-electron chi connectivity index (χ1n) is 7.79. The van der Waals surface area contributed by atoms with E-state index in [1.54, 1.807) is 12.1 Å². The van der Waals surface area contributed by atoms with Gasteiger partial charge in [0.15, 0.2) is 0 Å². The van der Waals surface area contributed by atoms with E-state index in [2.05, 4.69) is 0 Å². The molecule has 2 heterocycles. The van der Waals surface area contributed by atoms with Gasteiger partial charge in [0.25, 0.3) is 0 Å². The van der Waals surface area contributed by atoms with Crippen LogP contribution in [0.1, 0.15) is 17.9 Å². The number of ether oxygens (including phenoxy) is 1. The summed E-state index contributed by atoms with van der Waals surface area (Å²) in [6.07, 6.45) is 0.0923. The molecule has 0 bridgehead atoms. The Hall–Kier alpha value is -2.66. The topological polar surface area (TPSA) is 46.6 Å². The zero-order chi connectivity index (χ0) is 17.6. The Morgan fingerprint density at radius 1 is 1.08 bits per heavy atom. The minimum absolute atomic E-state index is 0.0121. The van der Waals surface area contributed by atoms with Gasteiger partial charge in [-0.25, -0.2) is 9.18 Å². The van der Waals surface area contributed by atoms with Crippen LogP contribution in [-0.2, 0) is 14.3 Å². The average Bonchev–Trinajstić information content (AvgIpc) is 2.98. The van der Waals surface area contributed by atoms with Gasteiger partial charge in [0.2, 0.25) is 5.91 Å². The van der Waals surface area contributed by atoms with Gasteiger partial charge < -0.3 is 4.74 Å². The number of esters is 1. The fourth-order valence-electron chi connectivity index (χ4n) is 3.37. The normalized spacial score (nSPS) is 19.9. The van der Waals surface area contributed by atoms with Crippen molar-refractivity contribution in [2.24, 2.45) is 0 Å². The van der Waals surface area contributed by atoms with Crippen molar-refractivity contribution >= 4 is 29.2 Å². The molecule has 2 aliphatic heterocycles. The summed E-state index contributed by atoms with van der Waals surface area (Å²) in [7, 11) is 0. The van der Waals surface area contributed by atoms with Gasteiger partial charge in [-0.15, -0.1) is 0 Å². The summed E-state index contributed by atoms with van der Waals surface area (Å²) in [5.41, 5.74) is 2.17. The standard InChI is InChI=1S/C19H13ClFNO3/c20-15-4-2-1-3-13(15)14-9-17(23)22(12-7-5-11(21)6-8-12)16-10-25-19(24)18(14)16/h1-8,14H,9-10H2/t14-/m0/s1. The Kier molecular flexibility index (Phi) is 3.81. The van der Waals surface area contributed by atoms with Gasteiger partial charge in [-0.1, -0.05) is 29.8 Å². The highest BCUT2D eigenvalue weighted by molar-refractivity contribution is 6.31. The fourth-order valence-corrected chi connectivity index (χ4v) is 3.63. The van der Waals surface area contributed by atoms with E-state index in [9.17, 15) is 14.0 Å². The van der Waals surface area contributed by atoms with Crippen LogP contribution in [0.5, 0.6) is 0 Å². The molecular formula is C19H13ClFNO3. The summed E-state index contributed by atoms with van der Waals surface area (Å²) in [6, 6.07) is 12.7. The Morgan fingerprint density at radius 3 is 2.52 bits per heavy atom. The predicted molar refractivity (Wildman–Crippen MR) is 90.7 cm³/mol. The van der Waals surface area contributed by atoms with Crippen LogP contribution < -0.4 is 4.90 Å². The fraction of sp³-hybridized carbons (Fsp3) is 0.158. The van der Waals surface area contributed by atoms with Gasteiger partial charge >= 0.3 is 5.97 Å². The molecule has 1 atom stereocenters. The van der Waals surface area contributed by atoms with Crippen LogP contribution in [0.4, 0.5) is 10.1 Å². The van der Waals surface area contributed by atoms with E-state index in [-0.39, 0.29) is 18.9 Å². The molecular weight excluding hydrogens is 345 g/mol. The summed E-state index contributed by atoms with van der Waals surface area (Å²) in [6.45, 7) is 0.0121. The maximum Gasteiger partial charge on any atom is 0.336 e. The first-order chi connectivity index (χ1) is 12.1. The molecule has 0 unspecified atom stereocenters. The van der Waals surface area contributed by atoms with Crippen LogP contribution in [-0.4, -0.2) is 18.5 Å². The van der Waals surface area contributed by atoms with Gasteiger partial charge in [-0.2, -0.15) is 0 Å². The van der Waals surface area contributed by atoms with Gasteiger partial charge in [0, 0.05) is 23.0 Å². The van der Waals surface area contributed by atoms with Crippen molar-refractivity contribution in [2.75, 3.05) is 11.5 Å². The SMILES string of the molecule is O=C1OCC2=C1[C@H](c1ccccc1Cl)CC(=O)N2c1ccc(F)cc1. The van der Waals surface area contributed by atoms with E-state index in [1.165, 1.54) is 29.2 Å². The molecule has 0 fully saturated rings. The van der Waals surface area contributed by atoms with E-state index in [1.807, 2.05) is 12.1 Å². The lowest BCUT2D eigenvalue weighted by Gasteiger charge is -2.32. The molecule has 0 saturated heterocycles. The average molecular weight is 358 g/mol. The van der Waals surface area contributed by atoms with Gasteiger partial charge in [-0.3, -0.25) is 9.69 Å². The van der Waals surface area contributed by atoms with Gasteiger partial charge in [0.1, 0.15) is 12.4 Å². The molecule has 6 heteroatoms. The van der Waals surface area contributed by atoms with Crippen LogP contribution in [0.3, 0.4) is 0 Å². The molecule has 2 aromatic carbocycles. The minimum Gasteiger partial charge on any atom is -0.456 e. The van der Waals surface area contributed by atoms with E-state index >= 15 is 0 Å². The highest BCUT2D eigenvalue weighted by Crippen LogP contribution is 2.43. The van der Waals surface area contributed by atoms with Gasteiger partial charge in [-0.05, 0) is 35.9 Å². The smallest absolute Gasteiger partial charge is 0.336 e. The second-order valence-electron chi connectivity index (χ2n) is 5.92. The molecule has 0 aromatic heterocycles. The number of hydrogen-bond acceptors (Lipinski definition) is 3. The quantitative estimate of drug-likeness (QED) is 0.768. The third-order valence-electron chi connectivity index (χ3n) is 4.48. The zero-order valence-electron chi connectivity index (χ0n) is 13.0.